The van der Waals surface area contributed by atoms with Gasteiger partial charge in [0.25, 0.3) is 5.91 Å². The Hall–Kier alpha value is -4.58. The van der Waals surface area contributed by atoms with Gasteiger partial charge in [0.15, 0.2) is 5.78 Å². The van der Waals surface area contributed by atoms with Crippen molar-refractivity contribution in [3.05, 3.63) is 113 Å². The van der Waals surface area contributed by atoms with Gasteiger partial charge in [0.2, 0.25) is 0 Å². The van der Waals surface area contributed by atoms with Gasteiger partial charge in [-0.2, -0.15) is 0 Å². The molecule has 6 nitrogen and oxygen atoms in total. The molecule has 4 aromatic carbocycles. The Morgan fingerprint density at radius 2 is 1.56 bits per heavy atom. The van der Waals surface area contributed by atoms with E-state index < -0.39 is 0 Å². The summed E-state index contributed by atoms with van der Waals surface area (Å²) in [5, 5.41) is 10.1. The number of carbonyl (C=O) groups is 2. The van der Waals surface area contributed by atoms with Gasteiger partial charge in [-0.25, -0.2) is 0 Å². The van der Waals surface area contributed by atoms with Gasteiger partial charge in [-0.1, -0.05) is 30.3 Å². The van der Waals surface area contributed by atoms with Crippen LogP contribution in [0, 0.1) is 6.92 Å². The first-order chi connectivity index (χ1) is 17.4. The average Bonchev–Trinajstić information content (AvgIpc) is 2.89. The lowest BCUT2D eigenvalue weighted by Crippen LogP contribution is -2.30. The van der Waals surface area contributed by atoms with Crippen LogP contribution in [0.4, 0.5) is 5.69 Å². The number of phenols is 1. The van der Waals surface area contributed by atoms with Crippen molar-refractivity contribution in [3.8, 4) is 23.0 Å². The minimum Gasteiger partial charge on any atom is -0.507 e. The third kappa shape index (κ3) is 5.55. The van der Waals surface area contributed by atoms with Gasteiger partial charge >= 0.3 is 0 Å². The van der Waals surface area contributed by atoms with E-state index in [2.05, 4.69) is 0 Å². The van der Waals surface area contributed by atoms with Crippen LogP contribution in [-0.2, 0) is 6.54 Å². The van der Waals surface area contributed by atoms with Gasteiger partial charge in [-0.3, -0.25) is 9.59 Å². The van der Waals surface area contributed by atoms with Gasteiger partial charge in [0.1, 0.15) is 23.0 Å². The zero-order valence-electron chi connectivity index (χ0n) is 20.4. The van der Waals surface area contributed by atoms with E-state index in [0.29, 0.717) is 22.7 Å². The van der Waals surface area contributed by atoms with E-state index in [1.807, 2.05) is 55.5 Å². The van der Waals surface area contributed by atoms with Crippen molar-refractivity contribution in [2.24, 2.45) is 0 Å². The third-order valence-electron chi connectivity index (χ3n) is 5.81. The molecule has 0 aliphatic rings. The van der Waals surface area contributed by atoms with E-state index in [1.54, 1.807) is 42.3 Å². The van der Waals surface area contributed by atoms with Crippen LogP contribution in [-0.4, -0.2) is 23.9 Å². The fourth-order valence-corrected chi connectivity index (χ4v) is 3.85. The zero-order chi connectivity index (χ0) is 25.7. The largest absolute Gasteiger partial charge is 0.507 e. The molecule has 4 rings (SSSR count). The minimum absolute atomic E-state index is 0.127. The molecule has 0 radical (unpaired) electrons. The van der Waals surface area contributed by atoms with Crippen LogP contribution < -0.4 is 14.4 Å². The molecule has 36 heavy (non-hydrogen) atoms. The van der Waals surface area contributed by atoms with E-state index in [4.69, 9.17) is 9.47 Å². The first-order valence-corrected chi connectivity index (χ1v) is 11.5. The van der Waals surface area contributed by atoms with Crippen LogP contribution in [0.3, 0.4) is 0 Å². The number of ketones is 1. The molecule has 1 amide bonds. The molecule has 0 atom stereocenters. The highest BCUT2D eigenvalue weighted by atomic mass is 16.5. The molecule has 0 heterocycles. The molecule has 0 spiro atoms. The predicted octanol–water partition coefficient (Wildman–Crippen LogP) is 6.55. The quantitative estimate of drug-likeness (QED) is 0.289. The summed E-state index contributed by atoms with van der Waals surface area (Å²) in [6.07, 6.45) is 0. The summed E-state index contributed by atoms with van der Waals surface area (Å²) in [5.41, 5.74) is 2.93. The highest BCUT2D eigenvalue weighted by molar-refractivity contribution is 6.07. The maximum Gasteiger partial charge on any atom is 0.258 e. The lowest BCUT2D eigenvalue weighted by atomic mass is 10.1. The van der Waals surface area contributed by atoms with Gasteiger partial charge in [-0.05, 0) is 85.6 Å². The van der Waals surface area contributed by atoms with Crippen LogP contribution in [0.1, 0.15) is 38.8 Å². The van der Waals surface area contributed by atoms with Crippen LogP contribution in [0.5, 0.6) is 23.0 Å². The summed E-state index contributed by atoms with van der Waals surface area (Å²) in [5.74, 6) is 1.35. The number of para-hydroxylation sites is 1. The Morgan fingerprint density at radius 1 is 0.861 bits per heavy atom. The van der Waals surface area contributed by atoms with Crippen molar-refractivity contribution in [1.82, 2.24) is 0 Å². The predicted molar refractivity (Wildman–Crippen MR) is 139 cm³/mol. The number of aromatic hydroxyl groups is 1. The molecule has 182 valence electrons. The van der Waals surface area contributed by atoms with Crippen molar-refractivity contribution in [2.45, 2.75) is 20.4 Å². The standard InChI is InChI=1S/C30H27NO5/c1-20-9-10-22(17-29(20)35-3)19-31(24-13-16-28(33)27(18-24)21(2)32)30(34)23-11-14-26(15-12-23)36-25-7-5-4-6-8-25/h4-18,33H,19H2,1-3H3. The normalized spacial score (nSPS) is 10.5. The number of methoxy groups -OCH3 is 1. The van der Waals surface area contributed by atoms with Gasteiger partial charge in [0, 0.05) is 11.3 Å². The smallest absolute Gasteiger partial charge is 0.258 e. The minimum atomic E-state index is -0.291. The Balaban J connectivity index is 1.68. The molecule has 0 bridgehead atoms. The number of rotatable bonds is 8. The maximum absolute atomic E-state index is 13.7. The Kier molecular flexibility index (Phi) is 7.35. The molecule has 0 aromatic heterocycles. The van der Waals surface area contributed by atoms with Crippen molar-refractivity contribution < 1.29 is 24.2 Å². The second-order valence-corrected chi connectivity index (χ2v) is 8.39. The molecular formula is C30H27NO5. The lowest BCUT2D eigenvalue weighted by Gasteiger charge is -2.24. The van der Waals surface area contributed by atoms with Gasteiger partial charge < -0.3 is 19.5 Å². The number of anilines is 1. The van der Waals surface area contributed by atoms with E-state index in [9.17, 15) is 14.7 Å². The summed E-state index contributed by atoms with van der Waals surface area (Å²) < 4.78 is 11.3. The number of nitrogens with zero attached hydrogens (tertiary/aromatic N) is 1. The number of phenolic OH excluding ortho intramolecular Hbond substituents is 1. The molecule has 0 fully saturated rings. The average molecular weight is 482 g/mol. The Morgan fingerprint density at radius 3 is 2.22 bits per heavy atom. The molecule has 0 aliphatic carbocycles. The van der Waals surface area contributed by atoms with E-state index >= 15 is 0 Å². The van der Waals surface area contributed by atoms with Crippen LogP contribution in [0.15, 0.2) is 91.0 Å². The van der Waals surface area contributed by atoms with E-state index in [-0.39, 0.29) is 29.5 Å². The number of aryl methyl sites for hydroxylation is 1. The van der Waals surface area contributed by atoms with Crippen molar-refractivity contribution >= 4 is 17.4 Å². The number of hydrogen-bond donors (Lipinski definition) is 1. The molecular weight excluding hydrogens is 454 g/mol. The highest BCUT2D eigenvalue weighted by Gasteiger charge is 2.21. The van der Waals surface area contributed by atoms with Gasteiger partial charge in [0.05, 0.1) is 19.2 Å². The number of benzene rings is 4. The summed E-state index contributed by atoms with van der Waals surface area (Å²) in [6, 6.07) is 26.6. The van der Waals surface area contributed by atoms with Crippen LogP contribution >= 0.6 is 0 Å². The maximum atomic E-state index is 13.7. The van der Waals surface area contributed by atoms with Crippen molar-refractivity contribution in [3.63, 3.8) is 0 Å². The second kappa shape index (κ2) is 10.8. The summed E-state index contributed by atoms with van der Waals surface area (Å²) in [6.45, 7) is 3.56. The van der Waals surface area contributed by atoms with Crippen molar-refractivity contribution in [2.75, 3.05) is 12.0 Å². The van der Waals surface area contributed by atoms with Crippen LogP contribution in [0.2, 0.25) is 0 Å². The first-order valence-electron chi connectivity index (χ1n) is 11.5. The molecule has 0 saturated heterocycles. The summed E-state index contributed by atoms with van der Waals surface area (Å²) >= 11 is 0. The van der Waals surface area contributed by atoms with Gasteiger partial charge in [-0.15, -0.1) is 0 Å². The summed E-state index contributed by atoms with van der Waals surface area (Å²) in [4.78, 5) is 27.3. The molecule has 0 aliphatic heterocycles. The Labute approximate surface area is 210 Å². The number of ether oxygens (including phenoxy) is 2. The highest BCUT2D eigenvalue weighted by Crippen LogP contribution is 2.29. The molecule has 6 heteroatoms. The first kappa shape index (κ1) is 24.5. The molecule has 0 unspecified atom stereocenters. The summed E-state index contributed by atoms with van der Waals surface area (Å²) in [7, 11) is 1.60. The third-order valence-corrected chi connectivity index (χ3v) is 5.81. The molecule has 0 saturated carbocycles. The SMILES string of the molecule is COc1cc(CN(C(=O)c2ccc(Oc3ccccc3)cc2)c2ccc(O)c(C(C)=O)c2)ccc1C. The monoisotopic (exact) mass is 481 g/mol. The number of amides is 1. The topological polar surface area (TPSA) is 76.1 Å². The fourth-order valence-electron chi connectivity index (χ4n) is 3.85. The number of hydrogen-bond acceptors (Lipinski definition) is 5. The van der Waals surface area contributed by atoms with Crippen LogP contribution in [0.25, 0.3) is 0 Å². The number of Topliss-reactive ketones (excluding diaryl/α,β-unsaturated/α-hetero) is 1. The van der Waals surface area contributed by atoms with E-state index in [1.165, 1.54) is 19.1 Å². The van der Waals surface area contributed by atoms with Crippen molar-refractivity contribution in [1.29, 1.82) is 0 Å². The molecule has 4 aromatic rings. The number of carbonyl (C=O) groups excluding carboxylic acids is 2. The van der Waals surface area contributed by atoms with E-state index in [0.717, 1.165) is 16.9 Å². The molecule has 1 N–H and O–H groups in total. The lowest BCUT2D eigenvalue weighted by molar-refractivity contribution is 0.0980. The Bertz CT molecular complexity index is 1380. The second-order valence-electron chi connectivity index (χ2n) is 8.39. The fraction of sp³-hybridized carbons (Fsp3) is 0.133. The zero-order valence-corrected chi connectivity index (χ0v) is 20.4.